The van der Waals surface area contributed by atoms with Crippen LogP contribution in [0.4, 0.5) is 0 Å². The van der Waals surface area contributed by atoms with Gasteiger partial charge >= 0.3 is 0 Å². The van der Waals surface area contributed by atoms with Gasteiger partial charge in [-0.2, -0.15) is 5.26 Å². The minimum Gasteiger partial charge on any atom is -0.439 e. The van der Waals surface area contributed by atoms with Crippen LogP contribution in [0.15, 0.2) is 35.2 Å². The zero-order chi connectivity index (χ0) is 13.8. The molecule has 1 aromatic heterocycles. The van der Waals surface area contributed by atoms with Crippen molar-refractivity contribution in [2.45, 2.75) is 4.90 Å². The average molecular weight is 311 g/mol. The topological polar surface area (TPSA) is 45.9 Å². The summed E-state index contributed by atoms with van der Waals surface area (Å²) in [5.74, 6) is 0.857. The number of pyridine rings is 1. The summed E-state index contributed by atoms with van der Waals surface area (Å²) in [6.07, 6.45) is 1.89. The van der Waals surface area contributed by atoms with Crippen molar-refractivity contribution < 1.29 is 4.74 Å². The number of benzene rings is 1. The van der Waals surface area contributed by atoms with Gasteiger partial charge in [-0.25, -0.2) is 4.98 Å². The normalized spacial score (nSPS) is 10.0. The van der Waals surface area contributed by atoms with Crippen molar-refractivity contribution in [1.82, 2.24) is 4.98 Å². The lowest BCUT2D eigenvalue weighted by Gasteiger charge is -2.07. The molecule has 2 aromatic rings. The smallest absolute Gasteiger partial charge is 0.220 e. The summed E-state index contributed by atoms with van der Waals surface area (Å²) < 4.78 is 5.54. The highest BCUT2D eigenvalue weighted by molar-refractivity contribution is 7.98. The van der Waals surface area contributed by atoms with Crippen LogP contribution >= 0.6 is 35.0 Å². The number of nitrogens with zero attached hydrogens (tertiary/aromatic N) is 2. The summed E-state index contributed by atoms with van der Waals surface area (Å²) >= 11 is 13.2. The maximum absolute atomic E-state index is 9.00. The summed E-state index contributed by atoms with van der Waals surface area (Å²) in [6.45, 7) is 0. The fourth-order valence-electron chi connectivity index (χ4n) is 1.39. The highest BCUT2D eigenvalue weighted by atomic mass is 35.5. The zero-order valence-electron chi connectivity index (χ0n) is 9.85. The molecule has 0 N–H and O–H groups in total. The number of thioether (sulfide) groups is 1. The summed E-state index contributed by atoms with van der Waals surface area (Å²) in [6, 6.07) is 10.5. The van der Waals surface area contributed by atoms with Gasteiger partial charge in [0, 0.05) is 17.0 Å². The molecule has 0 spiro atoms. The first-order chi connectivity index (χ1) is 9.13. The summed E-state index contributed by atoms with van der Waals surface area (Å²) in [5, 5.41) is 9.86. The van der Waals surface area contributed by atoms with Gasteiger partial charge in [0.05, 0.1) is 10.0 Å². The standard InChI is InChI=1S/C13H8Cl2N2OS/c1-19-12-4-5-13(17-11(12)7-16)18-8-2-3-9(14)10(15)6-8/h2-6H,1H3. The van der Waals surface area contributed by atoms with E-state index in [1.807, 2.05) is 12.3 Å². The van der Waals surface area contributed by atoms with Gasteiger partial charge in [0.25, 0.3) is 0 Å². The molecule has 2 rings (SSSR count). The van der Waals surface area contributed by atoms with Crippen LogP contribution in [-0.2, 0) is 0 Å². The molecule has 0 aliphatic rings. The molecule has 0 aliphatic carbocycles. The third-order valence-corrected chi connectivity index (χ3v) is 3.78. The molecule has 96 valence electrons. The molecule has 0 aliphatic heterocycles. The van der Waals surface area contributed by atoms with E-state index in [1.165, 1.54) is 11.8 Å². The number of hydrogen-bond donors (Lipinski definition) is 0. The van der Waals surface area contributed by atoms with Crippen LogP contribution < -0.4 is 4.74 Å². The number of halogens is 2. The van der Waals surface area contributed by atoms with Gasteiger partial charge in [-0.15, -0.1) is 11.8 Å². The second-order valence-electron chi connectivity index (χ2n) is 3.49. The van der Waals surface area contributed by atoms with Crippen LogP contribution in [0.25, 0.3) is 0 Å². The van der Waals surface area contributed by atoms with Crippen LogP contribution in [0, 0.1) is 11.3 Å². The van der Waals surface area contributed by atoms with E-state index in [1.54, 1.807) is 30.3 Å². The van der Waals surface area contributed by atoms with Gasteiger partial charge in [-0.1, -0.05) is 23.2 Å². The fraction of sp³-hybridized carbons (Fsp3) is 0.0769. The highest BCUT2D eigenvalue weighted by Gasteiger charge is 2.07. The van der Waals surface area contributed by atoms with Gasteiger partial charge in [0.15, 0.2) is 5.69 Å². The Morgan fingerprint density at radius 1 is 1.21 bits per heavy atom. The number of hydrogen-bond acceptors (Lipinski definition) is 4. The Balaban J connectivity index is 2.28. The van der Waals surface area contributed by atoms with Crippen molar-refractivity contribution in [2.75, 3.05) is 6.26 Å². The minimum atomic E-state index is 0.338. The first-order valence-electron chi connectivity index (χ1n) is 5.22. The van der Waals surface area contributed by atoms with Gasteiger partial charge in [-0.3, -0.25) is 0 Å². The second kappa shape index (κ2) is 6.16. The third kappa shape index (κ3) is 3.32. The van der Waals surface area contributed by atoms with E-state index in [9.17, 15) is 0 Å². The molecule has 0 unspecified atom stereocenters. The number of aromatic nitrogens is 1. The molecule has 0 amide bonds. The van der Waals surface area contributed by atoms with Gasteiger partial charge < -0.3 is 4.74 Å². The SMILES string of the molecule is CSc1ccc(Oc2ccc(Cl)c(Cl)c2)nc1C#N. The Kier molecular flexibility index (Phi) is 4.54. The lowest BCUT2D eigenvalue weighted by atomic mass is 10.3. The highest BCUT2D eigenvalue weighted by Crippen LogP contribution is 2.29. The van der Waals surface area contributed by atoms with E-state index >= 15 is 0 Å². The molecule has 6 heteroatoms. The van der Waals surface area contributed by atoms with Crippen molar-refractivity contribution in [3.63, 3.8) is 0 Å². The Morgan fingerprint density at radius 3 is 2.63 bits per heavy atom. The summed E-state index contributed by atoms with van der Waals surface area (Å²) in [4.78, 5) is 4.94. The Bertz CT molecular complexity index is 656. The van der Waals surface area contributed by atoms with E-state index in [-0.39, 0.29) is 0 Å². The van der Waals surface area contributed by atoms with E-state index in [4.69, 9.17) is 33.2 Å². The molecule has 1 aromatic carbocycles. The van der Waals surface area contributed by atoms with Gasteiger partial charge in [0.1, 0.15) is 11.8 Å². The van der Waals surface area contributed by atoms with Crippen LogP contribution in [0.2, 0.25) is 10.0 Å². The first-order valence-corrected chi connectivity index (χ1v) is 7.20. The average Bonchev–Trinajstić information content (AvgIpc) is 2.43. The molecule has 0 saturated heterocycles. The fourth-order valence-corrected chi connectivity index (χ4v) is 2.17. The van der Waals surface area contributed by atoms with Crippen molar-refractivity contribution in [3.8, 4) is 17.7 Å². The molecular weight excluding hydrogens is 303 g/mol. The molecule has 19 heavy (non-hydrogen) atoms. The van der Waals surface area contributed by atoms with Crippen molar-refractivity contribution in [2.24, 2.45) is 0 Å². The summed E-state index contributed by atoms with van der Waals surface area (Å²) in [5.41, 5.74) is 0.338. The molecule has 0 radical (unpaired) electrons. The largest absolute Gasteiger partial charge is 0.439 e. The monoisotopic (exact) mass is 310 g/mol. The second-order valence-corrected chi connectivity index (χ2v) is 5.15. The summed E-state index contributed by atoms with van der Waals surface area (Å²) in [7, 11) is 0. The molecular formula is C13H8Cl2N2OS. The van der Waals surface area contributed by atoms with E-state index in [0.29, 0.717) is 27.4 Å². The number of rotatable bonds is 3. The third-order valence-electron chi connectivity index (χ3n) is 2.27. The maximum Gasteiger partial charge on any atom is 0.220 e. The molecule has 0 fully saturated rings. The molecule has 0 bridgehead atoms. The van der Waals surface area contributed by atoms with Gasteiger partial charge in [-0.05, 0) is 24.5 Å². The Labute approximate surface area is 125 Å². The quantitative estimate of drug-likeness (QED) is 0.766. The lowest BCUT2D eigenvalue weighted by molar-refractivity contribution is 0.461. The van der Waals surface area contributed by atoms with Crippen molar-refractivity contribution in [3.05, 3.63) is 46.1 Å². The molecule has 1 heterocycles. The van der Waals surface area contributed by atoms with E-state index in [0.717, 1.165) is 4.90 Å². The number of nitriles is 1. The predicted molar refractivity (Wildman–Crippen MR) is 77.3 cm³/mol. The maximum atomic E-state index is 9.00. The van der Waals surface area contributed by atoms with Crippen LogP contribution in [0.3, 0.4) is 0 Å². The number of ether oxygens (including phenoxy) is 1. The van der Waals surface area contributed by atoms with Crippen molar-refractivity contribution >= 4 is 35.0 Å². The first kappa shape index (κ1) is 14.0. The predicted octanol–water partition coefficient (Wildman–Crippen LogP) is 4.77. The van der Waals surface area contributed by atoms with Crippen molar-refractivity contribution in [1.29, 1.82) is 5.26 Å². The molecule has 0 saturated carbocycles. The van der Waals surface area contributed by atoms with Gasteiger partial charge in [0.2, 0.25) is 5.88 Å². The molecule has 3 nitrogen and oxygen atoms in total. The lowest BCUT2D eigenvalue weighted by Crippen LogP contribution is -1.92. The molecule has 0 atom stereocenters. The Morgan fingerprint density at radius 2 is 2.00 bits per heavy atom. The zero-order valence-corrected chi connectivity index (χ0v) is 12.2. The van der Waals surface area contributed by atoms with Crippen LogP contribution in [0.5, 0.6) is 11.6 Å². The van der Waals surface area contributed by atoms with Crippen LogP contribution in [0.1, 0.15) is 5.69 Å². The Hall–Kier alpha value is -1.41. The van der Waals surface area contributed by atoms with E-state index < -0.39 is 0 Å². The van der Waals surface area contributed by atoms with Crippen LogP contribution in [-0.4, -0.2) is 11.2 Å². The minimum absolute atomic E-state index is 0.338. The van der Waals surface area contributed by atoms with E-state index in [2.05, 4.69) is 4.98 Å².